The van der Waals surface area contributed by atoms with Crippen LogP contribution in [0.4, 0.5) is 0 Å². The fourth-order valence-corrected chi connectivity index (χ4v) is 3.81. The lowest BCUT2D eigenvalue weighted by atomic mass is 9.80. The van der Waals surface area contributed by atoms with Crippen LogP contribution in [0.2, 0.25) is 0 Å². The van der Waals surface area contributed by atoms with Gasteiger partial charge in [-0.25, -0.2) is 0 Å². The molecule has 1 aromatic rings. The average Bonchev–Trinajstić information content (AvgIpc) is 2.67. The van der Waals surface area contributed by atoms with Crippen molar-refractivity contribution in [2.24, 2.45) is 11.8 Å². The van der Waals surface area contributed by atoms with Gasteiger partial charge in [-0.3, -0.25) is 0 Å². The van der Waals surface area contributed by atoms with Crippen molar-refractivity contribution in [2.75, 3.05) is 0 Å². The van der Waals surface area contributed by atoms with Gasteiger partial charge in [0.05, 0.1) is 5.60 Å². The minimum Gasteiger partial charge on any atom is -0.385 e. The highest BCUT2D eigenvalue weighted by atomic mass is 16.3. The lowest BCUT2D eigenvalue weighted by molar-refractivity contribution is 0.103. The molecule has 2 fully saturated rings. The van der Waals surface area contributed by atoms with Gasteiger partial charge in [0, 0.05) is 0 Å². The van der Waals surface area contributed by atoms with E-state index in [1.165, 1.54) is 30.4 Å². The van der Waals surface area contributed by atoms with Gasteiger partial charge < -0.3 is 5.11 Å². The highest BCUT2D eigenvalue weighted by Gasteiger charge is 2.66. The van der Waals surface area contributed by atoms with Crippen LogP contribution in [0.15, 0.2) is 24.3 Å². The van der Waals surface area contributed by atoms with Gasteiger partial charge >= 0.3 is 0 Å². The van der Waals surface area contributed by atoms with Crippen molar-refractivity contribution in [1.29, 1.82) is 0 Å². The minimum absolute atomic E-state index is 0.114. The molecule has 2 saturated carbocycles. The zero-order chi connectivity index (χ0) is 12.3. The molecule has 1 heteroatoms. The van der Waals surface area contributed by atoms with Gasteiger partial charge in [0.15, 0.2) is 0 Å². The summed E-state index contributed by atoms with van der Waals surface area (Å²) in [6, 6.07) is 8.47. The molecule has 0 amide bonds. The molecule has 2 aliphatic rings. The van der Waals surface area contributed by atoms with Gasteiger partial charge in [0.1, 0.15) is 0 Å². The average molecular weight is 230 g/mol. The van der Waals surface area contributed by atoms with Crippen LogP contribution in [0.3, 0.4) is 0 Å². The van der Waals surface area contributed by atoms with Crippen molar-refractivity contribution >= 4 is 0 Å². The third kappa shape index (κ3) is 1.48. The first-order chi connectivity index (χ1) is 7.95. The molecule has 92 valence electrons. The molecule has 0 spiro atoms. The highest BCUT2D eigenvalue weighted by Crippen LogP contribution is 2.67. The Morgan fingerprint density at radius 3 is 2.29 bits per heavy atom. The summed E-state index contributed by atoms with van der Waals surface area (Å²) < 4.78 is 0. The number of aliphatic hydroxyl groups is 1. The highest BCUT2D eigenvalue weighted by molar-refractivity contribution is 5.43. The molecule has 1 aromatic carbocycles. The van der Waals surface area contributed by atoms with Gasteiger partial charge in [-0.05, 0) is 41.2 Å². The van der Waals surface area contributed by atoms with Crippen molar-refractivity contribution in [3.05, 3.63) is 35.4 Å². The van der Waals surface area contributed by atoms with E-state index in [4.69, 9.17) is 0 Å². The number of hydrogen-bond donors (Lipinski definition) is 1. The van der Waals surface area contributed by atoms with Crippen LogP contribution in [0, 0.1) is 11.8 Å². The van der Waals surface area contributed by atoms with E-state index in [1.54, 1.807) is 0 Å². The van der Waals surface area contributed by atoms with E-state index in [9.17, 15) is 5.11 Å². The summed E-state index contributed by atoms with van der Waals surface area (Å²) in [6.07, 6.45) is 3.72. The number of rotatable bonds is 1. The minimum atomic E-state index is -0.498. The molecular weight excluding hydrogens is 208 g/mol. The Bertz CT molecular complexity index is 431. The van der Waals surface area contributed by atoms with Crippen molar-refractivity contribution < 1.29 is 5.11 Å². The molecule has 2 atom stereocenters. The molecular formula is C16H22O. The van der Waals surface area contributed by atoms with E-state index in [0.29, 0.717) is 11.8 Å². The van der Waals surface area contributed by atoms with Crippen molar-refractivity contribution in [3.8, 4) is 0 Å². The monoisotopic (exact) mass is 230 g/mol. The summed E-state index contributed by atoms with van der Waals surface area (Å²) in [5.41, 5.74) is 2.13. The van der Waals surface area contributed by atoms with E-state index in [-0.39, 0.29) is 5.41 Å². The Hall–Kier alpha value is -0.820. The standard InChI is InChI=1S/C16H22O/c1-15(2,3)11-7-4-5-8-12(11)16(17)13-9-6-10-14(13)16/h4-5,7-8,13-14,17H,6,9-10H2,1-3H3. The van der Waals surface area contributed by atoms with Crippen LogP contribution in [-0.2, 0) is 11.0 Å². The lowest BCUT2D eigenvalue weighted by Gasteiger charge is -2.27. The van der Waals surface area contributed by atoms with Gasteiger partial charge in [-0.2, -0.15) is 0 Å². The molecule has 3 rings (SSSR count). The third-order valence-corrected chi connectivity index (χ3v) is 4.70. The first-order valence-corrected chi connectivity index (χ1v) is 6.78. The van der Waals surface area contributed by atoms with E-state index >= 15 is 0 Å². The van der Waals surface area contributed by atoms with Crippen LogP contribution in [0.25, 0.3) is 0 Å². The molecule has 1 N–H and O–H groups in total. The van der Waals surface area contributed by atoms with Crippen LogP contribution >= 0.6 is 0 Å². The zero-order valence-corrected chi connectivity index (χ0v) is 11.0. The van der Waals surface area contributed by atoms with Crippen molar-refractivity contribution in [2.45, 2.75) is 51.0 Å². The Morgan fingerprint density at radius 2 is 1.71 bits per heavy atom. The Balaban J connectivity index is 2.05. The third-order valence-electron chi connectivity index (χ3n) is 4.70. The van der Waals surface area contributed by atoms with Gasteiger partial charge in [0.25, 0.3) is 0 Å². The topological polar surface area (TPSA) is 20.2 Å². The second-order valence-electron chi connectivity index (χ2n) is 6.76. The summed E-state index contributed by atoms with van der Waals surface area (Å²) in [7, 11) is 0. The summed E-state index contributed by atoms with van der Waals surface area (Å²) in [6.45, 7) is 6.69. The molecule has 0 aromatic heterocycles. The smallest absolute Gasteiger partial charge is 0.0963 e. The zero-order valence-electron chi connectivity index (χ0n) is 11.0. The maximum Gasteiger partial charge on any atom is 0.0963 e. The largest absolute Gasteiger partial charge is 0.385 e. The Labute approximate surface area is 104 Å². The van der Waals surface area contributed by atoms with E-state index in [1.807, 2.05) is 0 Å². The van der Waals surface area contributed by atoms with Gasteiger partial charge in [-0.1, -0.05) is 51.5 Å². The lowest BCUT2D eigenvalue weighted by Crippen LogP contribution is -2.22. The van der Waals surface area contributed by atoms with Crippen LogP contribution < -0.4 is 0 Å². The molecule has 0 heterocycles. The first-order valence-electron chi connectivity index (χ1n) is 6.78. The molecule has 2 aliphatic carbocycles. The number of fused-ring (bicyclic) bond motifs is 1. The summed E-state index contributed by atoms with van der Waals surface area (Å²) in [5, 5.41) is 10.9. The summed E-state index contributed by atoms with van der Waals surface area (Å²) in [5.74, 6) is 1.07. The predicted molar refractivity (Wildman–Crippen MR) is 69.9 cm³/mol. The number of hydrogen-bond acceptors (Lipinski definition) is 1. The van der Waals surface area contributed by atoms with Crippen molar-refractivity contribution in [1.82, 2.24) is 0 Å². The Kier molecular flexibility index (Phi) is 2.22. The molecule has 2 unspecified atom stereocenters. The molecule has 17 heavy (non-hydrogen) atoms. The summed E-state index contributed by atoms with van der Waals surface area (Å²) in [4.78, 5) is 0. The maximum atomic E-state index is 10.9. The molecule has 0 radical (unpaired) electrons. The fraction of sp³-hybridized carbons (Fsp3) is 0.625. The van der Waals surface area contributed by atoms with E-state index in [0.717, 1.165) is 0 Å². The van der Waals surface area contributed by atoms with Crippen LogP contribution in [0.5, 0.6) is 0 Å². The first kappa shape index (κ1) is 11.3. The quantitative estimate of drug-likeness (QED) is 0.781. The normalized spacial score (nSPS) is 35.8. The van der Waals surface area contributed by atoms with Gasteiger partial charge in [0.2, 0.25) is 0 Å². The summed E-state index contributed by atoms with van der Waals surface area (Å²) >= 11 is 0. The SMILES string of the molecule is CC(C)(C)c1ccccc1C1(O)C2CCCC21. The second-order valence-corrected chi connectivity index (χ2v) is 6.76. The Morgan fingerprint density at radius 1 is 1.12 bits per heavy atom. The van der Waals surface area contributed by atoms with Gasteiger partial charge in [-0.15, -0.1) is 0 Å². The van der Waals surface area contributed by atoms with Crippen molar-refractivity contribution in [3.63, 3.8) is 0 Å². The number of benzene rings is 1. The molecule has 0 aliphatic heterocycles. The van der Waals surface area contributed by atoms with E-state index < -0.39 is 5.60 Å². The van der Waals surface area contributed by atoms with Crippen LogP contribution in [0.1, 0.15) is 51.2 Å². The van der Waals surface area contributed by atoms with E-state index in [2.05, 4.69) is 45.0 Å². The second kappa shape index (κ2) is 3.35. The maximum absolute atomic E-state index is 10.9. The molecule has 1 nitrogen and oxygen atoms in total. The fourth-order valence-electron chi connectivity index (χ4n) is 3.81. The molecule has 0 saturated heterocycles. The van der Waals surface area contributed by atoms with Crippen LogP contribution in [-0.4, -0.2) is 5.11 Å². The predicted octanol–water partition coefficient (Wildman–Crippen LogP) is 3.60. The molecule has 0 bridgehead atoms.